The van der Waals surface area contributed by atoms with Gasteiger partial charge in [0.15, 0.2) is 0 Å². The Bertz CT molecular complexity index is 309. The van der Waals surface area contributed by atoms with E-state index in [1.165, 1.54) is 0 Å². The summed E-state index contributed by atoms with van der Waals surface area (Å²) in [6, 6.07) is 1.10. The number of hydrogen-bond acceptors (Lipinski definition) is 2. The lowest BCUT2D eigenvalue weighted by molar-refractivity contribution is 0.115. The van der Waals surface area contributed by atoms with Gasteiger partial charge in [0, 0.05) is 5.56 Å². The Labute approximate surface area is 84.9 Å². The van der Waals surface area contributed by atoms with Crippen molar-refractivity contribution in [1.29, 1.82) is 0 Å². The Balaban J connectivity index is 0.00000169. The molecule has 0 fully saturated rings. The van der Waals surface area contributed by atoms with E-state index < -0.39 is 24.0 Å². The van der Waals surface area contributed by atoms with Gasteiger partial charge in [-0.2, -0.15) is 0 Å². The Hall–Kier alpha value is -0.940. The summed E-state index contributed by atoms with van der Waals surface area (Å²) in [7, 11) is 0. The Morgan fingerprint density at radius 3 is 2.36 bits per heavy atom. The monoisotopic (exact) mass is 227 g/mol. The second-order valence-electron chi connectivity index (χ2n) is 2.56. The minimum atomic E-state index is -2.83. The molecule has 6 heteroatoms. The molecule has 0 radical (unpaired) electrons. The van der Waals surface area contributed by atoms with Gasteiger partial charge >= 0.3 is 0 Å². The first kappa shape index (κ1) is 13.1. The average Bonchev–Trinajstić information content (AvgIpc) is 2.08. The first-order valence-corrected chi connectivity index (χ1v) is 3.54. The quantitative estimate of drug-likeness (QED) is 0.814. The van der Waals surface area contributed by atoms with Crippen LogP contribution in [0, 0.1) is 5.82 Å². The molecule has 0 aliphatic rings. The molecule has 0 aliphatic carbocycles. The van der Waals surface area contributed by atoms with Crippen molar-refractivity contribution >= 4 is 12.4 Å². The van der Waals surface area contributed by atoms with Crippen molar-refractivity contribution < 1.29 is 18.3 Å². The molecular weight excluding hydrogens is 219 g/mol. The fraction of sp³-hybridized carbons (Fsp3) is 0.250. The van der Waals surface area contributed by atoms with Gasteiger partial charge in [0.2, 0.25) is 0 Å². The van der Waals surface area contributed by atoms with Gasteiger partial charge in [0.05, 0.1) is 6.04 Å². The van der Waals surface area contributed by atoms with Crippen LogP contribution in [0.2, 0.25) is 0 Å². The van der Waals surface area contributed by atoms with Crippen LogP contribution in [-0.2, 0) is 0 Å². The summed E-state index contributed by atoms with van der Waals surface area (Å²) in [4.78, 5) is 0. The number of alkyl halides is 2. The normalized spacial score (nSPS) is 12.4. The van der Waals surface area contributed by atoms with Crippen LogP contribution in [0.5, 0.6) is 5.75 Å². The molecule has 1 aromatic rings. The van der Waals surface area contributed by atoms with Crippen molar-refractivity contribution in [2.45, 2.75) is 12.5 Å². The predicted molar refractivity (Wildman–Crippen MR) is 48.2 cm³/mol. The van der Waals surface area contributed by atoms with E-state index in [1.807, 2.05) is 0 Å². The van der Waals surface area contributed by atoms with Crippen LogP contribution in [0.15, 0.2) is 18.2 Å². The fourth-order valence-electron chi connectivity index (χ4n) is 0.928. The fourth-order valence-corrected chi connectivity index (χ4v) is 0.928. The largest absolute Gasteiger partial charge is 0.508 e. The maximum Gasteiger partial charge on any atom is 0.257 e. The van der Waals surface area contributed by atoms with Crippen molar-refractivity contribution in [1.82, 2.24) is 0 Å². The number of halogens is 4. The van der Waals surface area contributed by atoms with Gasteiger partial charge in [0.25, 0.3) is 6.43 Å². The molecule has 0 heterocycles. The smallest absolute Gasteiger partial charge is 0.257 e. The van der Waals surface area contributed by atoms with Gasteiger partial charge in [-0.05, 0) is 18.2 Å². The number of benzene rings is 1. The molecule has 80 valence electrons. The molecule has 0 amide bonds. The molecule has 0 saturated heterocycles. The van der Waals surface area contributed by atoms with Crippen LogP contribution in [-0.4, -0.2) is 11.5 Å². The zero-order chi connectivity index (χ0) is 10.0. The summed E-state index contributed by atoms with van der Waals surface area (Å²) in [6.07, 6.45) is -2.83. The Morgan fingerprint density at radius 1 is 1.29 bits per heavy atom. The third-order valence-corrected chi connectivity index (χ3v) is 1.62. The SMILES string of the molecule is Cl.N[C@@H](c1cc(F)ccc1O)C(F)F. The van der Waals surface area contributed by atoms with Gasteiger partial charge in [-0.25, -0.2) is 13.2 Å². The first-order chi connectivity index (χ1) is 6.02. The maximum absolute atomic E-state index is 12.6. The number of nitrogens with two attached hydrogens (primary N) is 1. The van der Waals surface area contributed by atoms with E-state index >= 15 is 0 Å². The van der Waals surface area contributed by atoms with E-state index in [9.17, 15) is 13.2 Å². The molecule has 0 spiro atoms. The van der Waals surface area contributed by atoms with Crippen LogP contribution in [0.4, 0.5) is 13.2 Å². The number of phenols is 1. The van der Waals surface area contributed by atoms with E-state index in [1.54, 1.807) is 0 Å². The number of phenolic OH excluding ortho intramolecular Hbond substituents is 1. The first-order valence-electron chi connectivity index (χ1n) is 3.54. The van der Waals surface area contributed by atoms with Crippen LogP contribution in [0.1, 0.15) is 11.6 Å². The summed E-state index contributed by atoms with van der Waals surface area (Å²) in [5, 5.41) is 9.07. The minimum absolute atomic E-state index is 0. The molecule has 0 bridgehead atoms. The van der Waals surface area contributed by atoms with Crippen LogP contribution < -0.4 is 5.73 Å². The summed E-state index contributed by atoms with van der Waals surface area (Å²) in [5.41, 5.74) is 4.75. The van der Waals surface area contributed by atoms with Gasteiger partial charge in [-0.3, -0.25) is 0 Å². The lowest BCUT2D eigenvalue weighted by atomic mass is 10.1. The molecule has 14 heavy (non-hydrogen) atoms. The molecule has 1 aromatic carbocycles. The van der Waals surface area contributed by atoms with Crippen molar-refractivity contribution in [2.24, 2.45) is 5.73 Å². The van der Waals surface area contributed by atoms with E-state index in [2.05, 4.69) is 0 Å². The van der Waals surface area contributed by atoms with Crippen molar-refractivity contribution in [3.63, 3.8) is 0 Å². The van der Waals surface area contributed by atoms with E-state index in [0.29, 0.717) is 0 Å². The highest BCUT2D eigenvalue weighted by atomic mass is 35.5. The predicted octanol–water partition coefficient (Wildman–Crippen LogP) is 2.22. The molecule has 3 N–H and O–H groups in total. The van der Waals surface area contributed by atoms with Crippen LogP contribution in [0.25, 0.3) is 0 Å². The lowest BCUT2D eigenvalue weighted by Crippen LogP contribution is -2.19. The third kappa shape index (κ3) is 2.78. The summed E-state index contributed by atoms with van der Waals surface area (Å²) in [6.45, 7) is 0. The number of aromatic hydroxyl groups is 1. The molecule has 0 saturated carbocycles. The van der Waals surface area contributed by atoms with Crippen LogP contribution in [0.3, 0.4) is 0 Å². The van der Waals surface area contributed by atoms with Gasteiger partial charge < -0.3 is 10.8 Å². The van der Waals surface area contributed by atoms with Gasteiger partial charge in [-0.1, -0.05) is 0 Å². The molecule has 0 aliphatic heterocycles. The lowest BCUT2D eigenvalue weighted by Gasteiger charge is -2.12. The highest BCUT2D eigenvalue weighted by Gasteiger charge is 2.20. The maximum atomic E-state index is 12.6. The Kier molecular flexibility index (Phi) is 4.73. The van der Waals surface area contributed by atoms with Gasteiger partial charge in [-0.15, -0.1) is 12.4 Å². The van der Waals surface area contributed by atoms with E-state index in [-0.39, 0.29) is 18.0 Å². The zero-order valence-corrected chi connectivity index (χ0v) is 7.77. The van der Waals surface area contributed by atoms with E-state index in [0.717, 1.165) is 18.2 Å². The zero-order valence-electron chi connectivity index (χ0n) is 6.95. The molecule has 0 aromatic heterocycles. The highest BCUT2D eigenvalue weighted by Crippen LogP contribution is 2.27. The molecule has 2 nitrogen and oxygen atoms in total. The highest BCUT2D eigenvalue weighted by molar-refractivity contribution is 5.85. The molecule has 1 atom stereocenters. The second-order valence-corrected chi connectivity index (χ2v) is 2.56. The second kappa shape index (κ2) is 5.07. The van der Waals surface area contributed by atoms with Gasteiger partial charge in [0.1, 0.15) is 11.6 Å². The van der Waals surface area contributed by atoms with Crippen molar-refractivity contribution in [3.05, 3.63) is 29.6 Å². The van der Waals surface area contributed by atoms with Crippen molar-refractivity contribution in [2.75, 3.05) is 0 Å². The third-order valence-electron chi connectivity index (χ3n) is 1.62. The molecular formula is C8H9ClF3NO. The summed E-state index contributed by atoms with van der Waals surface area (Å²) < 4.78 is 36.7. The molecule has 1 rings (SSSR count). The van der Waals surface area contributed by atoms with E-state index in [4.69, 9.17) is 10.8 Å². The van der Waals surface area contributed by atoms with Crippen LogP contribution >= 0.6 is 12.4 Å². The van der Waals surface area contributed by atoms with Crippen molar-refractivity contribution in [3.8, 4) is 5.75 Å². The minimum Gasteiger partial charge on any atom is -0.508 e. The number of hydrogen-bond donors (Lipinski definition) is 2. The topological polar surface area (TPSA) is 46.2 Å². The number of rotatable bonds is 2. The molecule has 0 unspecified atom stereocenters. The average molecular weight is 228 g/mol. The Morgan fingerprint density at radius 2 is 1.86 bits per heavy atom. The summed E-state index contributed by atoms with van der Waals surface area (Å²) in [5.74, 6) is -1.13. The summed E-state index contributed by atoms with van der Waals surface area (Å²) >= 11 is 0. The standard InChI is InChI=1S/C8H8F3NO.ClH/c9-4-1-2-6(13)5(3-4)7(12)8(10)11;/h1-3,7-8,13H,12H2;1H/t7-;/m0./s1.